The Morgan fingerprint density at radius 1 is 1.29 bits per heavy atom. The van der Waals surface area contributed by atoms with E-state index < -0.39 is 5.91 Å². The summed E-state index contributed by atoms with van der Waals surface area (Å²) in [5.74, 6) is -0.570. The van der Waals surface area contributed by atoms with E-state index in [1.54, 1.807) is 31.2 Å². The van der Waals surface area contributed by atoms with E-state index in [2.05, 4.69) is 10.3 Å². The lowest BCUT2D eigenvalue weighted by molar-refractivity contribution is 0.0925. The molecule has 2 heterocycles. The molecule has 24 heavy (non-hydrogen) atoms. The molecule has 3 aromatic rings. The molecule has 0 aliphatic rings. The second-order valence-electron chi connectivity index (χ2n) is 5.30. The predicted molar refractivity (Wildman–Crippen MR) is 88.1 cm³/mol. The number of hydrogen-bond acceptors (Lipinski definition) is 5. The van der Waals surface area contributed by atoms with Crippen LogP contribution in [0.3, 0.4) is 0 Å². The first-order chi connectivity index (χ1) is 11.6. The molecule has 0 fully saturated rings. The average Bonchev–Trinajstić information content (AvgIpc) is 2.58. The highest BCUT2D eigenvalue weighted by molar-refractivity contribution is 5.93. The Morgan fingerprint density at radius 2 is 2.08 bits per heavy atom. The minimum atomic E-state index is -0.508. The smallest absolute Gasteiger partial charge is 0.287 e. The maximum Gasteiger partial charge on any atom is 0.287 e. The Hall–Kier alpha value is -3.22. The zero-order valence-corrected chi connectivity index (χ0v) is 13.0. The van der Waals surface area contributed by atoms with Gasteiger partial charge in [0.15, 0.2) is 11.2 Å². The summed E-state index contributed by atoms with van der Waals surface area (Å²) in [6, 6.07) is 7.89. The van der Waals surface area contributed by atoms with E-state index >= 15 is 0 Å². The number of aryl methyl sites for hydroxylation is 1. The number of benzene rings is 1. The number of carbonyl (C=O) groups is 1. The summed E-state index contributed by atoms with van der Waals surface area (Å²) in [5, 5.41) is 3.05. The van der Waals surface area contributed by atoms with Gasteiger partial charge in [0.05, 0.1) is 11.7 Å². The van der Waals surface area contributed by atoms with Crippen LogP contribution in [0.1, 0.15) is 16.1 Å². The van der Waals surface area contributed by atoms with Crippen molar-refractivity contribution in [1.82, 2.24) is 14.9 Å². The zero-order valence-electron chi connectivity index (χ0n) is 13.0. The molecule has 0 atom stereocenters. The van der Waals surface area contributed by atoms with Crippen molar-refractivity contribution < 1.29 is 9.21 Å². The van der Waals surface area contributed by atoms with Crippen LogP contribution >= 0.6 is 0 Å². The number of rotatable bonds is 4. The van der Waals surface area contributed by atoms with Gasteiger partial charge in [0, 0.05) is 30.9 Å². The molecule has 1 amide bonds. The number of amides is 1. The van der Waals surface area contributed by atoms with Crippen LogP contribution in [0.4, 0.5) is 0 Å². The van der Waals surface area contributed by atoms with Gasteiger partial charge in [-0.05, 0) is 19.1 Å². The molecule has 0 spiro atoms. The lowest BCUT2D eigenvalue weighted by atomic mass is 10.2. The molecule has 3 rings (SSSR count). The number of aromatic nitrogens is 2. The molecule has 7 nitrogen and oxygen atoms in total. The van der Waals surface area contributed by atoms with Crippen LogP contribution in [0.25, 0.3) is 11.0 Å². The van der Waals surface area contributed by atoms with Crippen LogP contribution in [-0.4, -0.2) is 22.0 Å². The van der Waals surface area contributed by atoms with E-state index in [0.717, 1.165) is 6.07 Å². The van der Waals surface area contributed by atoms with Gasteiger partial charge in [-0.25, -0.2) is 4.98 Å². The zero-order chi connectivity index (χ0) is 17.1. The average molecular weight is 325 g/mol. The molecule has 0 radical (unpaired) electrons. The van der Waals surface area contributed by atoms with Gasteiger partial charge in [-0.3, -0.25) is 19.0 Å². The summed E-state index contributed by atoms with van der Waals surface area (Å²) >= 11 is 0. The summed E-state index contributed by atoms with van der Waals surface area (Å²) in [7, 11) is 0. The summed E-state index contributed by atoms with van der Waals surface area (Å²) in [5.41, 5.74) is 0.455. The number of hydrogen-bond donors (Lipinski definition) is 1. The highest BCUT2D eigenvalue weighted by atomic mass is 16.3. The molecule has 0 aliphatic carbocycles. The van der Waals surface area contributed by atoms with Crippen LogP contribution in [0.2, 0.25) is 0 Å². The van der Waals surface area contributed by atoms with Crippen LogP contribution in [0.15, 0.2) is 56.9 Å². The van der Waals surface area contributed by atoms with Gasteiger partial charge in [-0.2, -0.15) is 0 Å². The quantitative estimate of drug-likeness (QED) is 0.775. The first-order valence-electron chi connectivity index (χ1n) is 7.38. The summed E-state index contributed by atoms with van der Waals surface area (Å²) in [6.07, 6.45) is 2.90. The van der Waals surface area contributed by atoms with Crippen LogP contribution < -0.4 is 16.3 Å². The highest BCUT2D eigenvalue weighted by Gasteiger charge is 2.11. The molecule has 0 bridgehead atoms. The van der Waals surface area contributed by atoms with Crippen molar-refractivity contribution in [3.63, 3.8) is 0 Å². The van der Waals surface area contributed by atoms with Crippen molar-refractivity contribution in [3.05, 3.63) is 74.8 Å². The summed E-state index contributed by atoms with van der Waals surface area (Å²) in [6.45, 7) is 2.16. The Labute approximate surface area is 136 Å². The van der Waals surface area contributed by atoms with E-state index in [1.807, 2.05) is 0 Å². The van der Waals surface area contributed by atoms with E-state index in [9.17, 15) is 14.4 Å². The fraction of sp³-hybridized carbons (Fsp3) is 0.176. The fourth-order valence-corrected chi connectivity index (χ4v) is 2.31. The lowest BCUT2D eigenvalue weighted by Crippen LogP contribution is -2.31. The van der Waals surface area contributed by atoms with E-state index in [-0.39, 0.29) is 29.8 Å². The van der Waals surface area contributed by atoms with Crippen molar-refractivity contribution in [1.29, 1.82) is 0 Å². The minimum absolute atomic E-state index is 0.0617. The first-order valence-corrected chi connectivity index (χ1v) is 7.38. The first kappa shape index (κ1) is 15.7. The lowest BCUT2D eigenvalue weighted by Gasteiger charge is -2.07. The van der Waals surface area contributed by atoms with Crippen molar-refractivity contribution in [2.75, 3.05) is 6.54 Å². The predicted octanol–water partition coefficient (Wildman–Crippen LogP) is 1.09. The molecular weight excluding hydrogens is 310 g/mol. The van der Waals surface area contributed by atoms with Crippen molar-refractivity contribution in [2.24, 2.45) is 0 Å². The second kappa shape index (κ2) is 6.49. The van der Waals surface area contributed by atoms with Crippen LogP contribution in [0, 0.1) is 6.92 Å². The molecule has 1 N–H and O–H groups in total. The van der Waals surface area contributed by atoms with Gasteiger partial charge in [-0.1, -0.05) is 12.1 Å². The molecule has 1 aromatic carbocycles. The summed E-state index contributed by atoms with van der Waals surface area (Å²) in [4.78, 5) is 39.9. The molecule has 0 aliphatic heterocycles. The van der Waals surface area contributed by atoms with Crippen molar-refractivity contribution in [2.45, 2.75) is 13.5 Å². The molecule has 2 aromatic heterocycles. The topological polar surface area (TPSA) is 94.2 Å². The van der Waals surface area contributed by atoms with Crippen molar-refractivity contribution >= 4 is 16.9 Å². The van der Waals surface area contributed by atoms with E-state index in [1.165, 1.54) is 17.1 Å². The van der Waals surface area contributed by atoms with Gasteiger partial charge < -0.3 is 9.73 Å². The number of nitrogens with zero attached hydrogens (tertiary/aromatic N) is 2. The maximum atomic E-state index is 12.1. The Kier molecular flexibility index (Phi) is 4.24. The Bertz CT molecular complexity index is 1020. The van der Waals surface area contributed by atoms with Gasteiger partial charge in [0.1, 0.15) is 5.58 Å². The third-order valence-corrected chi connectivity index (χ3v) is 3.57. The molecule has 122 valence electrons. The maximum absolute atomic E-state index is 12.1. The minimum Gasteiger partial charge on any atom is -0.451 e. The van der Waals surface area contributed by atoms with Crippen molar-refractivity contribution in [3.8, 4) is 0 Å². The van der Waals surface area contributed by atoms with Gasteiger partial charge in [0.25, 0.3) is 11.5 Å². The Balaban J connectivity index is 1.72. The fourth-order valence-electron chi connectivity index (χ4n) is 2.31. The molecule has 0 saturated heterocycles. The standard InChI is InChI=1S/C17H15N3O4/c1-11-9-18-10-20(17(11)23)7-6-19-16(22)15-8-13(21)12-4-2-3-5-14(12)24-15/h2-5,8-10H,6-7H2,1H3,(H,19,22). The number of fused-ring (bicyclic) bond motifs is 1. The number of carbonyl (C=O) groups excluding carboxylic acids is 1. The van der Waals surface area contributed by atoms with Gasteiger partial charge in [0.2, 0.25) is 0 Å². The monoisotopic (exact) mass is 325 g/mol. The normalized spacial score (nSPS) is 10.7. The molecule has 0 unspecified atom stereocenters. The Morgan fingerprint density at radius 3 is 2.92 bits per heavy atom. The van der Waals surface area contributed by atoms with Crippen LogP contribution in [0.5, 0.6) is 0 Å². The SMILES string of the molecule is Cc1cncn(CCNC(=O)c2cc(=O)c3ccccc3o2)c1=O. The number of para-hydroxylation sites is 1. The second-order valence-corrected chi connectivity index (χ2v) is 5.30. The third kappa shape index (κ3) is 3.10. The summed E-state index contributed by atoms with van der Waals surface area (Å²) < 4.78 is 6.87. The van der Waals surface area contributed by atoms with Gasteiger partial charge in [-0.15, -0.1) is 0 Å². The highest BCUT2D eigenvalue weighted by Crippen LogP contribution is 2.11. The molecule has 0 saturated carbocycles. The molecule has 7 heteroatoms. The largest absolute Gasteiger partial charge is 0.451 e. The van der Waals surface area contributed by atoms with E-state index in [4.69, 9.17) is 4.42 Å². The van der Waals surface area contributed by atoms with E-state index in [0.29, 0.717) is 16.5 Å². The third-order valence-electron chi connectivity index (χ3n) is 3.57. The van der Waals surface area contributed by atoms with Crippen LogP contribution in [-0.2, 0) is 6.54 Å². The molecular formula is C17H15N3O4. The van der Waals surface area contributed by atoms with Gasteiger partial charge >= 0.3 is 0 Å². The number of nitrogens with one attached hydrogen (secondary N) is 1.